The molecule has 0 unspecified atom stereocenters. The highest BCUT2D eigenvalue weighted by molar-refractivity contribution is 5.87. The Bertz CT molecular complexity index is 854. The molecule has 0 amide bonds. The van der Waals surface area contributed by atoms with E-state index < -0.39 is 60.8 Å². The zero-order valence-electron chi connectivity index (χ0n) is 17.9. The lowest BCUT2D eigenvalue weighted by molar-refractivity contribution is -0.305. The molecule has 2 saturated heterocycles. The van der Waals surface area contributed by atoms with Crippen molar-refractivity contribution in [3.05, 3.63) is 35.9 Å². The number of carbonyl (C=O) groups excluding carboxylic acids is 2. The molecule has 0 radical (unpaired) electrons. The summed E-state index contributed by atoms with van der Waals surface area (Å²) in [5.74, 6) is -1.74. The molecule has 11 nitrogen and oxygen atoms in total. The number of phenols is 1. The van der Waals surface area contributed by atoms with E-state index in [0.717, 1.165) is 6.08 Å². The number of aromatic hydroxyl groups is 1. The summed E-state index contributed by atoms with van der Waals surface area (Å²) in [6.45, 7) is 0.884. The lowest BCUT2D eigenvalue weighted by atomic mass is 9.88. The standard InChI is InChI=1S/C22H28O11/c1-12(22(29)8-17(25)32-11-22)9-31-21-20(28)19(27)18(26)15(33-21)10-30-16(24)7-4-13-2-5-14(23)6-3-13/h2-7,12,15,18-21,23,26-29H,8-11H2,1H3/b7-4+/t12-,15-,18-,19+,20-,21-,22+/m1/s1. The summed E-state index contributed by atoms with van der Waals surface area (Å²) in [7, 11) is 0. The van der Waals surface area contributed by atoms with Gasteiger partial charge in [-0.2, -0.15) is 0 Å². The third-order valence-electron chi connectivity index (χ3n) is 5.72. The van der Waals surface area contributed by atoms with Crippen LogP contribution in [0.25, 0.3) is 6.08 Å². The van der Waals surface area contributed by atoms with Gasteiger partial charge in [0.15, 0.2) is 6.29 Å². The van der Waals surface area contributed by atoms with Crippen molar-refractivity contribution in [2.24, 2.45) is 5.92 Å². The number of phenolic OH excluding ortho intramolecular Hbond substituents is 1. The fourth-order valence-electron chi connectivity index (χ4n) is 3.42. The minimum absolute atomic E-state index is 0.0873. The molecule has 182 valence electrons. The first-order valence-corrected chi connectivity index (χ1v) is 10.4. The number of rotatable bonds is 8. The molecule has 2 aliphatic heterocycles. The van der Waals surface area contributed by atoms with Crippen LogP contribution in [-0.4, -0.2) is 93.6 Å². The van der Waals surface area contributed by atoms with E-state index in [1.807, 2.05) is 0 Å². The van der Waals surface area contributed by atoms with Crippen molar-refractivity contribution >= 4 is 18.0 Å². The normalized spacial score (nSPS) is 33.1. The molecule has 5 N–H and O–H groups in total. The number of cyclic esters (lactones) is 1. The van der Waals surface area contributed by atoms with Gasteiger partial charge in [-0.05, 0) is 23.8 Å². The monoisotopic (exact) mass is 468 g/mol. The number of aliphatic hydroxyl groups is 4. The first-order valence-electron chi connectivity index (χ1n) is 10.4. The van der Waals surface area contributed by atoms with Gasteiger partial charge in [0.05, 0.1) is 13.0 Å². The van der Waals surface area contributed by atoms with E-state index in [2.05, 4.69) is 0 Å². The van der Waals surface area contributed by atoms with Gasteiger partial charge in [0.2, 0.25) is 0 Å². The van der Waals surface area contributed by atoms with Gasteiger partial charge in [0.25, 0.3) is 0 Å². The van der Waals surface area contributed by atoms with Crippen LogP contribution in [0.5, 0.6) is 5.75 Å². The molecular weight excluding hydrogens is 440 g/mol. The van der Waals surface area contributed by atoms with Gasteiger partial charge in [-0.3, -0.25) is 4.79 Å². The first-order chi connectivity index (χ1) is 15.6. The van der Waals surface area contributed by atoms with Gasteiger partial charge in [-0.15, -0.1) is 0 Å². The van der Waals surface area contributed by atoms with Crippen LogP contribution in [0, 0.1) is 5.92 Å². The summed E-state index contributed by atoms with van der Waals surface area (Å²) in [6, 6.07) is 6.11. The van der Waals surface area contributed by atoms with Crippen molar-refractivity contribution < 1.29 is 54.1 Å². The van der Waals surface area contributed by atoms with Crippen LogP contribution in [0.3, 0.4) is 0 Å². The van der Waals surface area contributed by atoms with Gasteiger partial charge >= 0.3 is 11.9 Å². The van der Waals surface area contributed by atoms with Crippen LogP contribution < -0.4 is 0 Å². The maximum atomic E-state index is 12.0. The average molecular weight is 468 g/mol. The molecule has 2 aliphatic rings. The van der Waals surface area contributed by atoms with E-state index in [-0.39, 0.29) is 25.4 Å². The maximum Gasteiger partial charge on any atom is 0.330 e. The van der Waals surface area contributed by atoms with E-state index >= 15 is 0 Å². The van der Waals surface area contributed by atoms with E-state index in [4.69, 9.17) is 18.9 Å². The minimum Gasteiger partial charge on any atom is -0.508 e. The van der Waals surface area contributed by atoms with Crippen LogP contribution in [0.15, 0.2) is 30.3 Å². The highest BCUT2D eigenvalue weighted by Crippen LogP contribution is 2.30. The molecule has 0 aliphatic carbocycles. The number of hydrogen-bond donors (Lipinski definition) is 5. The van der Waals surface area contributed by atoms with Gasteiger partial charge in [0, 0.05) is 12.0 Å². The van der Waals surface area contributed by atoms with Crippen molar-refractivity contribution in [3.63, 3.8) is 0 Å². The van der Waals surface area contributed by atoms with Crippen LogP contribution in [-0.2, 0) is 28.5 Å². The molecule has 0 aromatic heterocycles. The van der Waals surface area contributed by atoms with E-state index in [1.54, 1.807) is 19.1 Å². The third-order valence-corrected chi connectivity index (χ3v) is 5.72. The Morgan fingerprint density at radius 2 is 1.91 bits per heavy atom. The zero-order valence-corrected chi connectivity index (χ0v) is 17.9. The molecule has 11 heteroatoms. The molecule has 1 aromatic carbocycles. The summed E-state index contributed by atoms with van der Waals surface area (Å²) < 4.78 is 20.8. The van der Waals surface area contributed by atoms with Crippen LogP contribution in [0.1, 0.15) is 18.9 Å². The predicted molar refractivity (Wildman–Crippen MR) is 110 cm³/mol. The molecule has 2 fully saturated rings. The molecule has 0 bridgehead atoms. The first kappa shape index (κ1) is 25.1. The number of ether oxygens (including phenoxy) is 4. The number of aliphatic hydroxyl groups excluding tert-OH is 3. The van der Waals surface area contributed by atoms with Crippen LogP contribution in [0.2, 0.25) is 0 Å². The molecule has 1 aromatic rings. The SMILES string of the molecule is C[C@H](CO[C@@H]1O[C@H](COC(=O)/C=C/c2ccc(O)cc2)[C@@H](O)[C@H](O)[C@H]1O)[C@@]1(O)COC(=O)C1. The highest BCUT2D eigenvalue weighted by atomic mass is 16.7. The van der Waals surface area contributed by atoms with Crippen molar-refractivity contribution in [1.82, 2.24) is 0 Å². The second-order valence-electron chi connectivity index (χ2n) is 8.25. The highest BCUT2D eigenvalue weighted by Gasteiger charge is 2.47. The Kier molecular flexibility index (Phi) is 8.05. The summed E-state index contributed by atoms with van der Waals surface area (Å²) in [5.41, 5.74) is -0.774. The Hall–Kier alpha value is -2.54. The predicted octanol–water partition coefficient (Wildman–Crippen LogP) is -0.913. The van der Waals surface area contributed by atoms with Crippen molar-refractivity contribution in [2.45, 2.75) is 49.7 Å². The van der Waals surface area contributed by atoms with Gasteiger partial charge in [-0.25, -0.2) is 4.79 Å². The van der Waals surface area contributed by atoms with Crippen molar-refractivity contribution in [2.75, 3.05) is 19.8 Å². The molecule has 2 heterocycles. The Balaban J connectivity index is 1.52. The molecule has 7 atom stereocenters. The Labute approximate surface area is 189 Å². The minimum atomic E-state index is -1.63. The van der Waals surface area contributed by atoms with Gasteiger partial charge in [-0.1, -0.05) is 19.1 Å². The van der Waals surface area contributed by atoms with E-state index in [0.29, 0.717) is 5.56 Å². The zero-order chi connectivity index (χ0) is 24.2. The second kappa shape index (κ2) is 10.6. The quantitative estimate of drug-likeness (QED) is 0.236. The molecule has 33 heavy (non-hydrogen) atoms. The van der Waals surface area contributed by atoms with Crippen molar-refractivity contribution in [3.8, 4) is 5.75 Å². The number of hydrogen-bond acceptors (Lipinski definition) is 11. The molecular formula is C22H28O11. The summed E-state index contributed by atoms with van der Waals surface area (Å²) in [4.78, 5) is 23.3. The van der Waals surface area contributed by atoms with Gasteiger partial charge in [0.1, 0.15) is 49.0 Å². The molecule has 3 rings (SSSR count). The lowest BCUT2D eigenvalue weighted by Gasteiger charge is -2.40. The van der Waals surface area contributed by atoms with Crippen LogP contribution in [0.4, 0.5) is 0 Å². The second-order valence-corrected chi connectivity index (χ2v) is 8.25. The summed E-state index contributed by atoms with van der Waals surface area (Å²) in [5, 5.41) is 50.2. The van der Waals surface area contributed by atoms with Gasteiger partial charge < -0.3 is 44.5 Å². The maximum absolute atomic E-state index is 12.0. The molecule has 0 spiro atoms. The van der Waals surface area contributed by atoms with Crippen LogP contribution >= 0.6 is 0 Å². The van der Waals surface area contributed by atoms with E-state index in [9.17, 15) is 35.1 Å². The fourth-order valence-corrected chi connectivity index (χ4v) is 3.42. The average Bonchev–Trinajstić information content (AvgIpc) is 3.15. The Morgan fingerprint density at radius 1 is 1.21 bits per heavy atom. The Morgan fingerprint density at radius 3 is 2.55 bits per heavy atom. The summed E-state index contributed by atoms with van der Waals surface area (Å²) in [6.07, 6.45) is -4.90. The topological polar surface area (TPSA) is 172 Å². The fraction of sp³-hybridized carbons (Fsp3) is 0.545. The van der Waals surface area contributed by atoms with E-state index in [1.165, 1.54) is 18.2 Å². The number of benzene rings is 1. The number of carbonyl (C=O) groups is 2. The smallest absolute Gasteiger partial charge is 0.330 e. The number of esters is 2. The van der Waals surface area contributed by atoms with Crippen molar-refractivity contribution in [1.29, 1.82) is 0 Å². The largest absolute Gasteiger partial charge is 0.508 e. The lowest BCUT2D eigenvalue weighted by Crippen LogP contribution is -2.59. The molecule has 0 saturated carbocycles. The summed E-state index contributed by atoms with van der Waals surface area (Å²) >= 11 is 0. The third kappa shape index (κ3) is 6.28.